The van der Waals surface area contributed by atoms with Gasteiger partial charge in [-0.3, -0.25) is 0 Å². The number of aryl methyl sites for hydroxylation is 2. The first-order valence-corrected chi connectivity index (χ1v) is 6.19. The van der Waals surface area contributed by atoms with Crippen molar-refractivity contribution in [3.63, 3.8) is 0 Å². The van der Waals surface area contributed by atoms with E-state index in [-0.39, 0.29) is 5.82 Å². The number of benzene rings is 1. The van der Waals surface area contributed by atoms with Gasteiger partial charge >= 0.3 is 0 Å². The maximum atomic E-state index is 13.7. The van der Waals surface area contributed by atoms with Crippen molar-refractivity contribution >= 4 is 12.6 Å². The number of rotatable bonds is 4. The van der Waals surface area contributed by atoms with Gasteiger partial charge in [0.1, 0.15) is 5.82 Å². The van der Waals surface area contributed by atoms with Gasteiger partial charge in [-0.1, -0.05) is 12.1 Å². The molecule has 0 saturated carbocycles. The van der Waals surface area contributed by atoms with Gasteiger partial charge in [0.2, 0.25) is 0 Å². The van der Waals surface area contributed by atoms with Crippen LogP contribution in [0.5, 0.6) is 0 Å². The van der Waals surface area contributed by atoms with Crippen molar-refractivity contribution in [3.8, 4) is 0 Å². The van der Waals surface area contributed by atoms with Crippen LogP contribution in [0.25, 0.3) is 0 Å². The van der Waals surface area contributed by atoms with E-state index in [0.717, 1.165) is 23.4 Å². The molecule has 0 aliphatic heterocycles. The van der Waals surface area contributed by atoms with Crippen LogP contribution in [-0.4, -0.2) is 15.3 Å². The van der Waals surface area contributed by atoms with Gasteiger partial charge in [-0.15, -0.1) is 0 Å². The molecule has 1 aromatic carbocycles. The summed E-state index contributed by atoms with van der Waals surface area (Å²) < 4.78 is 15.7. The predicted octanol–water partition coefficient (Wildman–Crippen LogP) is 2.85. The third-order valence-electron chi connectivity index (χ3n) is 2.72. The molecule has 1 heterocycles. The van der Waals surface area contributed by atoms with E-state index in [1.165, 1.54) is 0 Å². The Kier molecular flexibility index (Phi) is 3.84. The van der Waals surface area contributed by atoms with E-state index in [4.69, 9.17) is 0 Å². The lowest BCUT2D eigenvalue weighted by atomic mass is 10.1. The molecule has 0 spiro atoms. The van der Waals surface area contributed by atoms with Crippen molar-refractivity contribution in [1.82, 2.24) is 9.55 Å². The number of nitrogens with zero attached hydrogens (tertiary/aromatic N) is 2. The first-order chi connectivity index (χ1) is 8.20. The molecule has 0 unspecified atom stereocenters. The topological polar surface area (TPSA) is 17.8 Å². The lowest BCUT2D eigenvalue weighted by Gasteiger charge is -2.08. The van der Waals surface area contributed by atoms with E-state index in [2.05, 4.69) is 17.6 Å². The third-order valence-corrected chi connectivity index (χ3v) is 2.94. The fourth-order valence-corrected chi connectivity index (χ4v) is 2.01. The Bertz CT molecular complexity index is 508. The summed E-state index contributed by atoms with van der Waals surface area (Å²) in [5, 5.41) is 0. The normalized spacial score (nSPS) is 10.8. The van der Waals surface area contributed by atoms with Crippen LogP contribution in [0.15, 0.2) is 30.7 Å². The Balaban J connectivity index is 2.22. The highest BCUT2D eigenvalue weighted by molar-refractivity contribution is 7.80. The number of hydrogen-bond acceptors (Lipinski definition) is 2. The van der Waals surface area contributed by atoms with E-state index < -0.39 is 0 Å². The minimum atomic E-state index is -0.157. The summed E-state index contributed by atoms with van der Waals surface area (Å²) >= 11 is 4.20. The van der Waals surface area contributed by atoms with Gasteiger partial charge in [0, 0.05) is 17.5 Å². The summed E-state index contributed by atoms with van der Waals surface area (Å²) in [7, 11) is 0. The molecule has 0 radical (unpaired) electrons. The molecule has 0 aliphatic rings. The highest BCUT2D eigenvalue weighted by Gasteiger charge is 2.06. The maximum absolute atomic E-state index is 13.7. The van der Waals surface area contributed by atoms with Crippen LogP contribution in [-0.2, 0) is 13.0 Å². The molecule has 0 N–H and O–H groups in total. The number of imidazole rings is 1. The Hall–Kier alpha value is -1.29. The standard InChI is InChI=1S/C13H15FN2S/c1-10-2-3-11(13(14)6-10)8-16-9-15-7-12(16)4-5-17/h2-3,6-7,9,17H,4-5,8H2,1H3. The minimum Gasteiger partial charge on any atom is -0.330 e. The lowest BCUT2D eigenvalue weighted by Crippen LogP contribution is -2.05. The number of hydrogen-bond donors (Lipinski definition) is 1. The second-order valence-electron chi connectivity index (χ2n) is 4.08. The van der Waals surface area contributed by atoms with Crippen LogP contribution in [0.2, 0.25) is 0 Å². The average molecular weight is 250 g/mol. The molecule has 2 aromatic rings. The Morgan fingerprint density at radius 2 is 2.24 bits per heavy atom. The first-order valence-electron chi connectivity index (χ1n) is 5.55. The SMILES string of the molecule is Cc1ccc(Cn2cncc2CCS)c(F)c1. The zero-order chi connectivity index (χ0) is 12.3. The minimum absolute atomic E-state index is 0.157. The predicted molar refractivity (Wildman–Crippen MR) is 70.0 cm³/mol. The molecule has 0 aliphatic carbocycles. The van der Waals surface area contributed by atoms with Crippen LogP contribution in [0.4, 0.5) is 4.39 Å². The summed E-state index contributed by atoms with van der Waals surface area (Å²) in [6, 6.07) is 5.31. The summed E-state index contributed by atoms with van der Waals surface area (Å²) in [5.74, 6) is 0.609. The molecule has 17 heavy (non-hydrogen) atoms. The zero-order valence-corrected chi connectivity index (χ0v) is 10.6. The molecular weight excluding hydrogens is 235 g/mol. The molecule has 0 amide bonds. The quantitative estimate of drug-likeness (QED) is 0.826. The van der Waals surface area contributed by atoms with Crippen molar-refractivity contribution in [2.45, 2.75) is 19.9 Å². The number of halogens is 1. The molecule has 4 heteroatoms. The van der Waals surface area contributed by atoms with Gasteiger partial charge in [0.05, 0.1) is 12.9 Å². The van der Waals surface area contributed by atoms with Crippen LogP contribution in [0.1, 0.15) is 16.8 Å². The van der Waals surface area contributed by atoms with E-state index in [1.807, 2.05) is 29.8 Å². The first kappa shape index (κ1) is 12.2. The second-order valence-corrected chi connectivity index (χ2v) is 4.53. The Morgan fingerprint density at radius 1 is 1.41 bits per heavy atom. The Morgan fingerprint density at radius 3 is 2.94 bits per heavy atom. The van der Waals surface area contributed by atoms with Gasteiger partial charge in [-0.2, -0.15) is 12.6 Å². The average Bonchev–Trinajstić information content (AvgIpc) is 2.71. The Labute approximate surface area is 106 Å². The highest BCUT2D eigenvalue weighted by Crippen LogP contribution is 2.13. The summed E-state index contributed by atoms with van der Waals surface area (Å²) in [6.45, 7) is 2.41. The largest absolute Gasteiger partial charge is 0.330 e. The molecule has 2 rings (SSSR count). The van der Waals surface area contributed by atoms with Crippen LogP contribution in [0.3, 0.4) is 0 Å². The second kappa shape index (κ2) is 5.36. The fraction of sp³-hybridized carbons (Fsp3) is 0.308. The van der Waals surface area contributed by atoms with Gasteiger partial charge < -0.3 is 4.57 Å². The zero-order valence-electron chi connectivity index (χ0n) is 9.73. The van der Waals surface area contributed by atoms with Crippen LogP contribution < -0.4 is 0 Å². The van der Waals surface area contributed by atoms with E-state index >= 15 is 0 Å². The molecule has 0 bridgehead atoms. The van der Waals surface area contributed by atoms with Crippen molar-refractivity contribution in [1.29, 1.82) is 0 Å². The maximum Gasteiger partial charge on any atom is 0.128 e. The summed E-state index contributed by atoms with van der Waals surface area (Å²) in [5.41, 5.74) is 2.71. The third kappa shape index (κ3) is 2.88. The van der Waals surface area contributed by atoms with Crippen molar-refractivity contribution in [3.05, 3.63) is 53.4 Å². The molecular formula is C13H15FN2S. The van der Waals surface area contributed by atoms with Crippen LogP contribution in [0, 0.1) is 12.7 Å². The van der Waals surface area contributed by atoms with E-state index in [1.54, 1.807) is 12.4 Å². The number of thiol groups is 1. The monoisotopic (exact) mass is 250 g/mol. The summed E-state index contributed by atoms with van der Waals surface area (Å²) in [6.07, 6.45) is 4.39. The molecule has 2 nitrogen and oxygen atoms in total. The van der Waals surface area contributed by atoms with E-state index in [0.29, 0.717) is 12.1 Å². The van der Waals surface area contributed by atoms with Gasteiger partial charge in [0.15, 0.2) is 0 Å². The summed E-state index contributed by atoms with van der Waals surface area (Å²) in [4.78, 5) is 4.09. The molecule has 0 fully saturated rings. The number of aromatic nitrogens is 2. The lowest BCUT2D eigenvalue weighted by molar-refractivity contribution is 0.595. The molecule has 0 saturated heterocycles. The van der Waals surface area contributed by atoms with Crippen molar-refractivity contribution in [2.24, 2.45) is 0 Å². The van der Waals surface area contributed by atoms with Crippen LogP contribution >= 0.6 is 12.6 Å². The van der Waals surface area contributed by atoms with E-state index in [9.17, 15) is 4.39 Å². The van der Waals surface area contributed by atoms with Crippen molar-refractivity contribution < 1.29 is 4.39 Å². The molecule has 90 valence electrons. The highest BCUT2D eigenvalue weighted by atomic mass is 32.1. The van der Waals surface area contributed by atoms with Crippen molar-refractivity contribution in [2.75, 3.05) is 5.75 Å². The smallest absolute Gasteiger partial charge is 0.128 e. The van der Waals surface area contributed by atoms with Gasteiger partial charge in [0.25, 0.3) is 0 Å². The van der Waals surface area contributed by atoms with Gasteiger partial charge in [-0.25, -0.2) is 9.37 Å². The molecule has 1 aromatic heterocycles. The fourth-order valence-electron chi connectivity index (χ4n) is 1.78. The van der Waals surface area contributed by atoms with Gasteiger partial charge in [-0.05, 0) is 30.7 Å². The molecule has 0 atom stereocenters.